The number of aromatic nitrogens is 1. The molecule has 0 fully saturated rings. The van der Waals surface area contributed by atoms with Crippen LogP contribution in [-0.4, -0.2) is 35.9 Å². The van der Waals surface area contributed by atoms with Gasteiger partial charge < -0.3 is 10.1 Å². The Kier molecular flexibility index (Phi) is 4.53. The molecule has 1 aromatic heterocycles. The summed E-state index contributed by atoms with van der Waals surface area (Å²) >= 11 is 5.78. The van der Waals surface area contributed by atoms with Gasteiger partial charge in [-0.1, -0.05) is 12.1 Å². The molecule has 0 bridgehead atoms. The third kappa shape index (κ3) is 3.05. The van der Waals surface area contributed by atoms with Gasteiger partial charge in [-0.25, -0.2) is 0 Å². The smallest absolute Gasteiger partial charge is 0.325 e. The van der Waals surface area contributed by atoms with E-state index in [1.54, 1.807) is 24.4 Å². The Morgan fingerprint density at radius 1 is 1.35 bits per heavy atom. The van der Waals surface area contributed by atoms with Crippen LogP contribution in [0, 0.1) is 0 Å². The van der Waals surface area contributed by atoms with Gasteiger partial charge in [0.05, 0.1) is 12.6 Å². The second-order valence-electron chi connectivity index (χ2n) is 4.08. The molecule has 0 saturated carbocycles. The number of pyridine rings is 1. The number of ether oxygens (including phenoxy) is 1. The van der Waals surface area contributed by atoms with Crippen LogP contribution in [0.4, 0.5) is 0 Å². The van der Waals surface area contributed by atoms with Crippen molar-refractivity contribution in [2.45, 2.75) is 5.38 Å². The van der Waals surface area contributed by atoms with Crippen molar-refractivity contribution in [2.75, 3.05) is 13.7 Å². The van der Waals surface area contributed by atoms with Gasteiger partial charge in [-0.05, 0) is 18.2 Å². The van der Waals surface area contributed by atoms with Gasteiger partial charge >= 0.3 is 5.97 Å². The second-order valence-corrected chi connectivity index (χ2v) is 4.60. The first-order chi connectivity index (χ1) is 9.63. The van der Waals surface area contributed by atoms with Crippen molar-refractivity contribution in [3.05, 3.63) is 42.1 Å². The van der Waals surface area contributed by atoms with E-state index in [9.17, 15) is 9.59 Å². The zero-order valence-corrected chi connectivity index (χ0v) is 11.6. The van der Waals surface area contributed by atoms with E-state index in [0.29, 0.717) is 5.56 Å². The summed E-state index contributed by atoms with van der Waals surface area (Å²) in [6.07, 6.45) is 1.66. The number of alkyl halides is 1. The highest BCUT2D eigenvalue weighted by atomic mass is 35.5. The number of nitrogens with zero attached hydrogens (tertiary/aromatic N) is 1. The molecule has 6 heteroatoms. The Balaban J connectivity index is 2.14. The van der Waals surface area contributed by atoms with E-state index in [1.807, 2.05) is 12.1 Å². The molecule has 1 heterocycles. The molecule has 0 radical (unpaired) electrons. The highest BCUT2D eigenvalue weighted by molar-refractivity contribution is 6.30. The SMILES string of the molecule is COC(=O)C(Cl)CNC(=O)c1cccc2ncccc12. The number of nitrogens with one attached hydrogen (secondary N) is 1. The summed E-state index contributed by atoms with van der Waals surface area (Å²) in [6, 6.07) is 8.85. The Bertz CT molecular complexity index is 640. The lowest BCUT2D eigenvalue weighted by Gasteiger charge is -2.10. The molecule has 1 N–H and O–H groups in total. The lowest BCUT2D eigenvalue weighted by molar-refractivity contribution is -0.140. The van der Waals surface area contributed by atoms with Crippen molar-refractivity contribution < 1.29 is 14.3 Å². The number of halogens is 1. The summed E-state index contributed by atoms with van der Waals surface area (Å²) in [5.74, 6) is -0.885. The number of amides is 1. The average molecular weight is 293 g/mol. The normalized spacial score (nSPS) is 11.9. The number of benzene rings is 1. The molecule has 2 aromatic rings. The molecule has 1 atom stereocenters. The molecule has 0 aliphatic rings. The van der Waals surface area contributed by atoms with Crippen molar-refractivity contribution in [2.24, 2.45) is 0 Å². The van der Waals surface area contributed by atoms with Crippen LogP contribution in [0.2, 0.25) is 0 Å². The third-order valence-corrected chi connectivity index (χ3v) is 3.12. The van der Waals surface area contributed by atoms with E-state index in [2.05, 4.69) is 15.0 Å². The molecule has 1 unspecified atom stereocenters. The van der Waals surface area contributed by atoms with Gasteiger partial charge in [-0.3, -0.25) is 14.6 Å². The Morgan fingerprint density at radius 3 is 2.90 bits per heavy atom. The van der Waals surface area contributed by atoms with E-state index in [4.69, 9.17) is 11.6 Å². The van der Waals surface area contributed by atoms with Crippen molar-refractivity contribution in [1.29, 1.82) is 0 Å². The third-order valence-electron chi connectivity index (χ3n) is 2.79. The van der Waals surface area contributed by atoms with Crippen molar-refractivity contribution in [3.63, 3.8) is 0 Å². The zero-order chi connectivity index (χ0) is 14.5. The number of hydrogen-bond donors (Lipinski definition) is 1. The standard InChI is InChI=1S/C14H13ClN2O3/c1-20-14(19)11(15)8-17-13(18)10-4-2-6-12-9(10)5-3-7-16-12/h2-7,11H,8H2,1H3,(H,17,18). The summed E-state index contributed by atoms with van der Waals surface area (Å²) in [4.78, 5) is 27.5. The first kappa shape index (κ1) is 14.3. The monoisotopic (exact) mass is 292 g/mol. The molecule has 0 aliphatic heterocycles. The van der Waals surface area contributed by atoms with Gasteiger partial charge in [0.2, 0.25) is 0 Å². The molecule has 1 aromatic carbocycles. The number of esters is 1. The predicted molar refractivity (Wildman–Crippen MR) is 75.7 cm³/mol. The summed E-state index contributed by atoms with van der Waals surface area (Å²) in [7, 11) is 1.25. The van der Waals surface area contributed by atoms with Gasteiger partial charge in [0, 0.05) is 23.7 Å². The zero-order valence-electron chi connectivity index (χ0n) is 10.8. The summed E-state index contributed by atoms with van der Waals surface area (Å²) < 4.78 is 4.49. The molecular formula is C14H13ClN2O3. The van der Waals surface area contributed by atoms with Crippen LogP contribution in [0.5, 0.6) is 0 Å². The predicted octanol–water partition coefficient (Wildman–Crippen LogP) is 1.74. The minimum absolute atomic E-state index is 0.00368. The molecule has 5 nitrogen and oxygen atoms in total. The van der Waals surface area contributed by atoms with Crippen LogP contribution in [0.3, 0.4) is 0 Å². The van der Waals surface area contributed by atoms with E-state index in [0.717, 1.165) is 10.9 Å². The van der Waals surface area contributed by atoms with Crippen LogP contribution < -0.4 is 5.32 Å². The highest BCUT2D eigenvalue weighted by Crippen LogP contribution is 2.16. The van der Waals surface area contributed by atoms with Gasteiger partial charge in [-0.2, -0.15) is 0 Å². The maximum absolute atomic E-state index is 12.1. The van der Waals surface area contributed by atoms with E-state index in [-0.39, 0.29) is 12.5 Å². The number of rotatable bonds is 4. The van der Waals surface area contributed by atoms with Crippen LogP contribution in [0.15, 0.2) is 36.5 Å². The molecule has 0 aliphatic carbocycles. The summed E-state index contributed by atoms with van der Waals surface area (Å²) in [5.41, 5.74) is 1.22. The Labute approximate surface area is 120 Å². The molecule has 0 saturated heterocycles. The fraction of sp³-hybridized carbons (Fsp3) is 0.214. The fourth-order valence-electron chi connectivity index (χ4n) is 1.79. The van der Waals surface area contributed by atoms with Crippen LogP contribution in [0.1, 0.15) is 10.4 Å². The van der Waals surface area contributed by atoms with E-state index >= 15 is 0 Å². The van der Waals surface area contributed by atoms with E-state index in [1.165, 1.54) is 7.11 Å². The van der Waals surface area contributed by atoms with Crippen molar-refractivity contribution in [3.8, 4) is 0 Å². The topological polar surface area (TPSA) is 68.3 Å². The van der Waals surface area contributed by atoms with Gasteiger partial charge in [0.1, 0.15) is 5.38 Å². The van der Waals surface area contributed by atoms with Crippen LogP contribution >= 0.6 is 11.6 Å². The quantitative estimate of drug-likeness (QED) is 0.688. The van der Waals surface area contributed by atoms with E-state index < -0.39 is 11.3 Å². The molecule has 104 valence electrons. The molecule has 0 spiro atoms. The number of carbonyl (C=O) groups excluding carboxylic acids is 2. The summed E-state index contributed by atoms with van der Waals surface area (Å²) in [5, 5.41) is 2.45. The molecule has 1 amide bonds. The fourth-order valence-corrected chi connectivity index (χ4v) is 1.96. The van der Waals surface area contributed by atoms with Crippen molar-refractivity contribution in [1.82, 2.24) is 10.3 Å². The van der Waals surface area contributed by atoms with Crippen LogP contribution in [-0.2, 0) is 9.53 Å². The minimum atomic E-state index is -0.906. The minimum Gasteiger partial charge on any atom is -0.468 e. The summed E-state index contributed by atoms with van der Waals surface area (Å²) in [6.45, 7) is 0.00368. The number of fused-ring (bicyclic) bond motifs is 1. The maximum Gasteiger partial charge on any atom is 0.325 e. The number of methoxy groups -OCH3 is 1. The first-order valence-corrected chi connectivity index (χ1v) is 6.41. The van der Waals surface area contributed by atoms with Crippen LogP contribution in [0.25, 0.3) is 10.9 Å². The van der Waals surface area contributed by atoms with Gasteiger partial charge in [0.25, 0.3) is 5.91 Å². The molecule has 2 rings (SSSR count). The Hall–Kier alpha value is -2.14. The first-order valence-electron chi connectivity index (χ1n) is 5.97. The lowest BCUT2D eigenvalue weighted by atomic mass is 10.1. The molecule has 20 heavy (non-hydrogen) atoms. The highest BCUT2D eigenvalue weighted by Gasteiger charge is 2.17. The number of hydrogen-bond acceptors (Lipinski definition) is 4. The maximum atomic E-state index is 12.1. The van der Waals surface area contributed by atoms with Gasteiger partial charge in [0.15, 0.2) is 0 Å². The second kappa shape index (κ2) is 6.34. The largest absolute Gasteiger partial charge is 0.468 e. The lowest BCUT2D eigenvalue weighted by Crippen LogP contribution is -2.34. The molecular weight excluding hydrogens is 280 g/mol. The van der Waals surface area contributed by atoms with Gasteiger partial charge in [-0.15, -0.1) is 11.6 Å². The van der Waals surface area contributed by atoms with Crippen molar-refractivity contribution >= 4 is 34.4 Å². The number of carbonyl (C=O) groups is 2. The average Bonchev–Trinajstić information content (AvgIpc) is 2.50. The Morgan fingerprint density at radius 2 is 2.15 bits per heavy atom.